The first kappa shape index (κ1) is 15.5. The van der Waals surface area contributed by atoms with E-state index in [1.807, 2.05) is 23.9 Å². The molecule has 0 radical (unpaired) electrons. The number of ether oxygens (including phenoxy) is 2. The van der Waals surface area contributed by atoms with E-state index in [0.717, 1.165) is 23.4 Å². The topological polar surface area (TPSA) is 69.5 Å². The van der Waals surface area contributed by atoms with Crippen LogP contribution in [0.15, 0.2) is 24.5 Å². The van der Waals surface area contributed by atoms with Crippen LogP contribution in [0.4, 0.5) is 0 Å². The Morgan fingerprint density at radius 3 is 3.04 bits per heavy atom. The van der Waals surface area contributed by atoms with E-state index in [9.17, 15) is 4.79 Å². The van der Waals surface area contributed by atoms with E-state index in [1.54, 1.807) is 17.3 Å². The number of carbonyl (C=O) groups excluding carboxylic acids is 1. The molecule has 0 atom stereocenters. The lowest BCUT2D eigenvalue weighted by Crippen LogP contribution is -2.38. The first-order chi connectivity index (χ1) is 11.2. The summed E-state index contributed by atoms with van der Waals surface area (Å²) in [5.74, 6) is 0.705. The number of rotatable bonds is 5. The molecule has 3 heterocycles. The minimum absolute atomic E-state index is 0.00105. The number of hydrogen-bond donors (Lipinski definition) is 0. The third-order valence-electron chi connectivity index (χ3n) is 3.96. The molecule has 7 nitrogen and oxygen atoms in total. The maximum atomic E-state index is 12.0. The SMILES string of the molecule is COCC(=O)N1CCc2c(c(COc3cccnc3)nn2C)C1. The largest absolute Gasteiger partial charge is 0.486 e. The molecular weight excluding hydrogens is 296 g/mol. The average molecular weight is 316 g/mol. The summed E-state index contributed by atoms with van der Waals surface area (Å²) in [5, 5.41) is 4.55. The number of nitrogens with zero attached hydrogens (tertiary/aromatic N) is 4. The van der Waals surface area contributed by atoms with Gasteiger partial charge in [0.1, 0.15) is 24.7 Å². The number of carbonyl (C=O) groups is 1. The van der Waals surface area contributed by atoms with Crippen molar-refractivity contribution in [2.75, 3.05) is 20.3 Å². The lowest BCUT2D eigenvalue weighted by molar-refractivity contribution is -0.136. The van der Waals surface area contributed by atoms with E-state index in [-0.39, 0.29) is 12.5 Å². The molecule has 1 amide bonds. The Balaban J connectivity index is 1.74. The molecule has 7 heteroatoms. The number of fused-ring (bicyclic) bond motifs is 1. The first-order valence-corrected chi connectivity index (χ1v) is 7.52. The summed E-state index contributed by atoms with van der Waals surface area (Å²) in [7, 11) is 3.46. The Hall–Kier alpha value is -2.41. The van der Waals surface area contributed by atoms with Crippen LogP contribution >= 0.6 is 0 Å². The molecule has 1 aliphatic rings. The van der Waals surface area contributed by atoms with Crippen LogP contribution in [-0.4, -0.2) is 45.8 Å². The molecule has 0 aliphatic carbocycles. The highest BCUT2D eigenvalue weighted by Gasteiger charge is 2.26. The third-order valence-corrected chi connectivity index (χ3v) is 3.96. The Morgan fingerprint density at radius 1 is 1.43 bits per heavy atom. The van der Waals surface area contributed by atoms with Crippen LogP contribution in [0.2, 0.25) is 0 Å². The first-order valence-electron chi connectivity index (χ1n) is 7.52. The van der Waals surface area contributed by atoms with Crippen molar-refractivity contribution in [3.63, 3.8) is 0 Å². The predicted octanol–water partition coefficient (Wildman–Crippen LogP) is 0.925. The number of aryl methyl sites for hydroxylation is 1. The van der Waals surface area contributed by atoms with Crippen molar-refractivity contribution in [2.24, 2.45) is 7.05 Å². The quantitative estimate of drug-likeness (QED) is 0.820. The van der Waals surface area contributed by atoms with Gasteiger partial charge in [-0.05, 0) is 12.1 Å². The molecule has 0 spiro atoms. The molecule has 23 heavy (non-hydrogen) atoms. The number of methoxy groups -OCH3 is 1. The molecule has 2 aromatic heterocycles. The zero-order chi connectivity index (χ0) is 16.2. The van der Waals surface area contributed by atoms with Gasteiger partial charge in [-0.2, -0.15) is 5.10 Å². The van der Waals surface area contributed by atoms with Gasteiger partial charge in [-0.1, -0.05) is 0 Å². The van der Waals surface area contributed by atoms with Gasteiger partial charge < -0.3 is 14.4 Å². The molecule has 122 valence electrons. The van der Waals surface area contributed by atoms with Crippen molar-refractivity contribution >= 4 is 5.91 Å². The molecule has 3 rings (SSSR count). The number of amides is 1. The van der Waals surface area contributed by atoms with Gasteiger partial charge in [-0.15, -0.1) is 0 Å². The summed E-state index contributed by atoms with van der Waals surface area (Å²) in [4.78, 5) is 17.9. The van der Waals surface area contributed by atoms with Crippen LogP contribution in [0.5, 0.6) is 5.75 Å². The second-order valence-electron chi connectivity index (χ2n) is 5.47. The van der Waals surface area contributed by atoms with Crippen LogP contribution < -0.4 is 4.74 Å². The molecule has 2 aromatic rings. The number of pyridine rings is 1. The van der Waals surface area contributed by atoms with Crippen molar-refractivity contribution in [2.45, 2.75) is 19.6 Å². The van der Waals surface area contributed by atoms with Crippen molar-refractivity contribution in [3.05, 3.63) is 41.5 Å². The molecule has 0 saturated carbocycles. The second-order valence-corrected chi connectivity index (χ2v) is 5.47. The monoisotopic (exact) mass is 316 g/mol. The fourth-order valence-corrected chi connectivity index (χ4v) is 2.80. The van der Waals surface area contributed by atoms with E-state index < -0.39 is 0 Å². The van der Waals surface area contributed by atoms with E-state index in [0.29, 0.717) is 25.4 Å². The molecular formula is C16H20N4O3. The Kier molecular flexibility index (Phi) is 4.57. The Morgan fingerprint density at radius 2 is 2.30 bits per heavy atom. The van der Waals surface area contributed by atoms with Gasteiger partial charge in [0.15, 0.2) is 0 Å². The lowest BCUT2D eigenvalue weighted by atomic mass is 10.1. The minimum atomic E-state index is 0.00105. The zero-order valence-corrected chi connectivity index (χ0v) is 13.4. The summed E-state index contributed by atoms with van der Waals surface area (Å²) < 4.78 is 12.6. The van der Waals surface area contributed by atoms with Crippen LogP contribution in [0, 0.1) is 0 Å². The summed E-state index contributed by atoms with van der Waals surface area (Å²) >= 11 is 0. The molecule has 0 N–H and O–H groups in total. The highest BCUT2D eigenvalue weighted by Crippen LogP contribution is 2.23. The molecule has 0 saturated heterocycles. The van der Waals surface area contributed by atoms with Gasteiger partial charge in [-0.3, -0.25) is 14.5 Å². The average Bonchev–Trinajstić information content (AvgIpc) is 2.90. The molecule has 0 bridgehead atoms. The number of hydrogen-bond acceptors (Lipinski definition) is 5. The highest BCUT2D eigenvalue weighted by molar-refractivity contribution is 5.77. The van der Waals surface area contributed by atoms with E-state index in [4.69, 9.17) is 9.47 Å². The van der Waals surface area contributed by atoms with Gasteiger partial charge in [-0.25, -0.2) is 0 Å². The summed E-state index contributed by atoms with van der Waals surface area (Å²) in [5.41, 5.74) is 3.10. The Bertz CT molecular complexity index is 684. The summed E-state index contributed by atoms with van der Waals surface area (Å²) in [6.45, 7) is 1.72. The van der Waals surface area contributed by atoms with Gasteiger partial charge in [0.05, 0.1) is 6.20 Å². The van der Waals surface area contributed by atoms with Crippen molar-refractivity contribution in [1.29, 1.82) is 0 Å². The van der Waals surface area contributed by atoms with Gasteiger partial charge in [0.2, 0.25) is 5.91 Å². The third kappa shape index (κ3) is 3.34. The standard InChI is InChI=1S/C16H20N4O3/c1-19-15-5-7-20(16(21)11-22-2)9-13(15)14(18-19)10-23-12-4-3-6-17-8-12/h3-4,6,8H,5,7,9-11H2,1-2H3. The van der Waals surface area contributed by atoms with Gasteiger partial charge >= 0.3 is 0 Å². The normalized spacial score (nSPS) is 13.7. The molecule has 1 aliphatic heterocycles. The van der Waals surface area contributed by atoms with Crippen LogP contribution in [0.3, 0.4) is 0 Å². The van der Waals surface area contributed by atoms with Crippen LogP contribution in [0.1, 0.15) is 17.0 Å². The predicted molar refractivity (Wildman–Crippen MR) is 82.8 cm³/mol. The zero-order valence-electron chi connectivity index (χ0n) is 13.4. The fraction of sp³-hybridized carbons (Fsp3) is 0.438. The minimum Gasteiger partial charge on any atom is -0.486 e. The van der Waals surface area contributed by atoms with Crippen LogP contribution in [-0.2, 0) is 36.2 Å². The summed E-state index contributed by atoms with van der Waals surface area (Å²) in [6.07, 6.45) is 4.17. The second kappa shape index (κ2) is 6.78. The van der Waals surface area contributed by atoms with Crippen molar-refractivity contribution < 1.29 is 14.3 Å². The van der Waals surface area contributed by atoms with Gasteiger partial charge in [0, 0.05) is 51.1 Å². The van der Waals surface area contributed by atoms with Crippen LogP contribution in [0.25, 0.3) is 0 Å². The van der Waals surface area contributed by atoms with Crippen molar-refractivity contribution in [3.8, 4) is 5.75 Å². The van der Waals surface area contributed by atoms with E-state index >= 15 is 0 Å². The van der Waals surface area contributed by atoms with Gasteiger partial charge in [0.25, 0.3) is 0 Å². The maximum Gasteiger partial charge on any atom is 0.248 e. The lowest BCUT2D eigenvalue weighted by Gasteiger charge is -2.27. The molecule has 0 unspecified atom stereocenters. The van der Waals surface area contributed by atoms with E-state index in [2.05, 4.69) is 10.1 Å². The number of aromatic nitrogens is 3. The fourth-order valence-electron chi connectivity index (χ4n) is 2.80. The van der Waals surface area contributed by atoms with E-state index in [1.165, 1.54) is 7.11 Å². The smallest absolute Gasteiger partial charge is 0.248 e. The summed E-state index contributed by atoms with van der Waals surface area (Å²) in [6, 6.07) is 3.69. The Labute approximate surface area is 134 Å². The molecule has 0 fully saturated rings. The molecule has 0 aromatic carbocycles. The maximum absolute atomic E-state index is 12.0. The highest BCUT2D eigenvalue weighted by atomic mass is 16.5. The van der Waals surface area contributed by atoms with Crippen molar-refractivity contribution in [1.82, 2.24) is 19.7 Å².